The molecule has 0 unspecified atom stereocenters. The molecule has 2 aliphatic heterocycles. The highest BCUT2D eigenvalue weighted by Crippen LogP contribution is 2.29. The van der Waals surface area contributed by atoms with E-state index in [1.807, 2.05) is 12.4 Å². The van der Waals surface area contributed by atoms with Gasteiger partial charge in [0.05, 0.1) is 18.1 Å². The fraction of sp³-hybridized carbons (Fsp3) is 0.429. The Kier molecular flexibility index (Phi) is 2.51. The van der Waals surface area contributed by atoms with Gasteiger partial charge in [-0.2, -0.15) is 5.10 Å². The molecule has 0 saturated heterocycles. The van der Waals surface area contributed by atoms with Crippen LogP contribution in [-0.4, -0.2) is 27.9 Å². The van der Waals surface area contributed by atoms with Crippen LogP contribution in [0.3, 0.4) is 0 Å². The van der Waals surface area contributed by atoms with E-state index in [0.717, 1.165) is 39.0 Å². The summed E-state index contributed by atoms with van der Waals surface area (Å²) in [6.45, 7) is 4.03. The monoisotopic (exact) mass is 255 g/mol. The Morgan fingerprint density at radius 3 is 3.26 bits per heavy atom. The van der Waals surface area contributed by atoms with Crippen LogP contribution in [0.15, 0.2) is 24.5 Å². The fourth-order valence-corrected chi connectivity index (χ4v) is 2.96. The van der Waals surface area contributed by atoms with Gasteiger partial charge in [-0.1, -0.05) is 0 Å². The summed E-state index contributed by atoms with van der Waals surface area (Å²) in [7, 11) is 0. The fourth-order valence-electron chi connectivity index (χ4n) is 2.96. The summed E-state index contributed by atoms with van der Waals surface area (Å²) in [6.07, 6.45) is 6.05. The van der Waals surface area contributed by atoms with Crippen LogP contribution in [0.4, 0.5) is 11.5 Å². The Hall–Kier alpha value is -1.88. The predicted molar refractivity (Wildman–Crippen MR) is 73.5 cm³/mol. The molecule has 0 atom stereocenters. The lowest BCUT2D eigenvalue weighted by atomic mass is 10.1. The molecule has 0 bridgehead atoms. The predicted octanol–water partition coefficient (Wildman–Crippen LogP) is 1.47. The van der Waals surface area contributed by atoms with Crippen LogP contribution in [0.1, 0.15) is 17.7 Å². The van der Waals surface area contributed by atoms with Gasteiger partial charge in [-0.15, -0.1) is 0 Å². The number of hydrogen-bond acceptors (Lipinski definition) is 4. The Labute approximate surface area is 112 Å². The molecule has 2 aliphatic rings. The Morgan fingerprint density at radius 2 is 2.26 bits per heavy atom. The van der Waals surface area contributed by atoms with E-state index in [2.05, 4.69) is 37.1 Å². The lowest BCUT2D eigenvalue weighted by Gasteiger charge is -2.30. The van der Waals surface area contributed by atoms with E-state index in [1.54, 1.807) is 0 Å². The van der Waals surface area contributed by atoms with Crippen molar-refractivity contribution < 1.29 is 0 Å². The third kappa shape index (κ3) is 1.81. The van der Waals surface area contributed by atoms with Crippen molar-refractivity contribution in [2.24, 2.45) is 0 Å². The molecule has 2 aromatic heterocycles. The molecule has 2 aromatic rings. The highest BCUT2D eigenvalue weighted by molar-refractivity contribution is 5.61. The van der Waals surface area contributed by atoms with E-state index in [9.17, 15) is 0 Å². The highest BCUT2D eigenvalue weighted by atomic mass is 15.4. The lowest BCUT2D eigenvalue weighted by Crippen LogP contribution is -2.29. The zero-order chi connectivity index (χ0) is 12.7. The van der Waals surface area contributed by atoms with Crippen molar-refractivity contribution in [3.8, 4) is 0 Å². The van der Waals surface area contributed by atoms with E-state index >= 15 is 0 Å². The maximum atomic E-state index is 4.64. The van der Waals surface area contributed by atoms with Crippen LogP contribution < -0.4 is 10.2 Å². The third-order valence-corrected chi connectivity index (χ3v) is 3.93. The van der Waals surface area contributed by atoms with Gasteiger partial charge in [0.2, 0.25) is 0 Å². The van der Waals surface area contributed by atoms with Gasteiger partial charge in [-0.05, 0) is 18.1 Å². The number of fused-ring (bicyclic) bond motifs is 2. The first-order valence-electron chi connectivity index (χ1n) is 6.90. The van der Waals surface area contributed by atoms with Gasteiger partial charge in [0.25, 0.3) is 0 Å². The average molecular weight is 255 g/mol. The molecule has 0 amide bonds. The maximum Gasteiger partial charge on any atom is 0.131 e. The second-order valence-electron chi connectivity index (χ2n) is 5.14. The number of aryl methyl sites for hydroxylation is 1. The summed E-state index contributed by atoms with van der Waals surface area (Å²) in [5.74, 6) is 1.18. The number of nitrogens with zero attached hydrogens (tertiary/aromatic N) is 4. The molecule has 0 saturated carbocycles. The zero-order valence-electron chi connectivity index (χ0n) is 10.8. The highest BCUT2D eigenvalue weighted by Gasteiger charge is 2.20. The topological polar surface area (TPSA) is 46.0 Å². The van der Waals surface area contributed by atoms with Crippen molar-refractivity contribution in [1.82, 2.24) is 20.1 Å². The normalized spacial score (nSPS) is 18.0. The van der Waals surface area contributed by atoms with Crippen LogP contribution in [0.5, 0.6) is 0 Å². The summed E-state index contributed by atoms with van der Waals surface area (Å²) in [6, 6.07) is 4.36. The summed E-state index contributed by atoms with van der Waals surface area (Å²) < 4.78 is 2.07. The van der Waals surface area contributed by atoms with Crippen LogP contribution in [-0.2, 0) is 19.5 Å². The SMILES string of the molecule is c1cc2n(n1)CCCN2c1cnc2c(c1)CNCC2. The van der Waals surface area contributed by atoms with E-state index in [-0.39, 0.29) is 0 Å². The average Bonchev–Trinajstić information content (AvgIpc) is 2.95. The lowest BCUT2D eigenvalue weighted by molar-refractivity contribution is 0.541. The minimum atomic E-state index is 0.934. The molecule has 0 aromatic carbocycles. The van der Waals surface area contributed by atoms with E-state index in [1.165, 1.54) is 22.8 Å². The zero-order valence-corrected chi connectivity index (χ0v) is 10.8. The molecule has 1 N–H and O–H groups in total. The molecule has 0 radical (unpaired) electrons. The number of nitrogens with one attached hydrogen (secondary N) is 1. The third-order valence-electron chi connectivity index (χ3n) is 3.93. The standard InChI is InChI=1S/C14H17N5/c1-6-18(14-3-5-17-19(14)7-1)12-8-11-9-15-4-2-13(11)16-10-12/h3,5,8,10,15H,1-2,4,6-7,9H2. The van der Waals surface area contributed by atoms with Gasteiger partial charge in [0.1, 0.15) is 5.82 Å². The summed E-state index contributed by atoms with van der Waals surface area (Å²) in [4.78, 5) is 6.96. The second kappa shape index (κ2) is 4.35. The molecule has 4 rings (SSSR count). The van der Waals surface area contributed by atoms with Crippen molar-refractivity contribution in [3.63, 3.8) is 0 Å². The van der Waals surface area contributed by atoms with Gasteiger partial charge in [-0.3, -0.25) is 4.98 Å². The first-order valence-corrected chi connectivity index (χ1v) is 6.90. The van der Waals surface area contributed by atoms with Crippen LogP contribution >= 0.6 is 0 Å². The quantitative estimate of drug-likeness (QED) is 0.838. The molecule has 0 spiro atoms. The summed E-state index contributed by atoms with van der Waals surface area (Å²) in [5.41, 5.74) is 3.76. The van der Waals surface area contributed by atoms with Gasteiger partial charge in [0, 0.05) is 44.4 Å². The van der Waals surface area contributed by atoms with Gasteiger partial charge in [-0.25, -0.2) is 4.68 Å². The number of pyridine rings is 1. The van der Waals surface area contributed by atoms with E-state index in [4.69, 9.17) is 0 Å². The van der Waals surface area contributed by atoms with E-state index < -0.39 is 0 Å². The van der Waals surface area contributed by atoms with E-state index in [0.29, 0.717) is 0 Å². The largest absolute Gasteiger partial charge is 0.325 e. The maximum absolute atomic E-state index is 4.64. The van der Waals surface area contributed by atoms with Gasteiger partial charge in [0.15, 0.2) is 0 Å². The smallest absolute Gasteiger partial charge is 0.131 e. The molecule has 5 nitrogen and oxygen atoms in total. The molecule has 4 heterocycles. The minimum Gasteiger partial charge on any atom is -0.325 e. The molecule has 19 heavy (non-hydrogen) atoms. The van der Waals surface area contributed by atoms with Crippen molar-refractivity contribution in [1.29, 1.82) is 0 Å². The molecule has 0 aliphatic carbocycles. The number of rotatable bonds is 1. The molecular weight excluding hydrogens is 238 g/mol. The Balaban J connectivity index is 1.74. The van der Waals surface area contributed by atoms with Crippen molar-refractivity contribution >= 4 is 11.5 Å². The first kappa shape index (κ1) is 11.0. The number of aromatic nitrogens is 3. The first-order chi connectivity index (χ1) is 9.42. The molecule has 98 valence electrons. The summed E-state index contributed by atoms with van der Waals surface area (Å²) in [5, 5.41) is 7.77. The van der Waals surface area contributed by atoms with Crippen LogP contribution in [0.2, 0.25) is 0 Å². The van der Waals surface area contributed by atoms with Crippen molar-refractivity contribution in [2.75, 3.05) is 18.0 Å². The van der Waals surface area contributed by atoms with Crippen molar-refractivity contribution in [2.45, 2.75) is 25.9 Å². The van der Waals surface area contributed by atoms with Crippen LogP contribution in [0.25, 0.3) is 0 Å². The minimum absolute atomic E-state index is 0.934. The molecule has 0 fully saturated rings. The van der Waals surface area contributed by atoms with Gasteiger partial charge >= 0.3 is 0 Å². The number of anilines is 2. The van der Waals surface area contributed by atoms with Gasteiger partial charge < -0.3 is 10.2 Å². The Bertz CT molecular complexity index is 604. The van der Waals surface area contributed by atoms with Crippen molar-refractivity contribution in [3.05, 3.63) is 35.8 Å². The summed E-state index contributed by atoms with van der Waals surface area (Å²) >= 11 is 0. The second-order valence-corrected chi connectivity index (χ2v) is 5.14. The number of hydrogen-bond donors (Lipinski definition) is 1. The Morgan fingerprint density at radius 1 is 1.26 bits per heavy atom. The molecule has 5 heteroatoms. The van der Waals surface area contributed by atoms with Crippen LogP contribution in [0, 0.1) is 0 Å². The molecular formula is C14H17N5.